The molecule has 0 saturated carbocycles. The van der Waals surface area contributed by atoms with E-state index in [9.17, 15) is 65.1 Å². The van der Waals surface area contributed by atoms with Crippen LogP contribution in [0, 0.1) is 0 Å². The molecule has 0 fully saturated rings. The molecule has 0 unspecified atom stereocenters. The van der Waals surface area contributed by atoms with E-state index in [4.69, 9.17) is 17.8 Å². The Morgan fingerprint density at radius 3 is 2.04 bits per heavy atom. The standard InChI is InChI=1S/C51H54N6O15S6.O3S/c1-6-7-24-56-40-19-14-33-13-17-35(76(64,65)66)28-38(33)46(40)50(2,3)43(56)21-15-32(34-11-8-10-31(27-34)12-23-45(58)53-48-54-55-49(73-48)75(52,62)63)16-22-44-51(4,5)47-39-29-36(77(67,68)69)30-42(78(70,71)72)37(39)18-20-41(47)57(44)25-9-26-74(59,60)61;1-4(2)3/h8,10-11,13-22,27-30H,6-7,9,12,23-26H2,1-5H3,(H6-,52,53,54,58,59,60,61,62,63,64,65,66,67,68,69,70,71,72);/p+1. The number of primary sulfonamides is 1. The van der Waals surface area contributed by atoms with Crippen LogP contribution in [0.25, 0.3) is 27.1 Å². The van der Waals surface area contributed by atoms with Gasteiger partial charge >= 0.3 is 10.6 Å². The molecule has 1 aromatic heterocycles. The maximum atomic E-state index is 13.1. The summed E-state index contributed by atoms with van der Waals surface area (Å²) in [6.45, 7) is 10.2. The van der Waals surface area contributed by atoms with Crippen LogP contribution in [-0.2, 0) is 83.1 Å². The number of allylic oxidation sites excluding steroid dienone is 6. The summed E-state index contributed by atoms with van der Waals surface area (Å²) in [6, 6.07) is 20.3. The average molecular weight is 1260 g/mol. The van der Waals surface area contributed by atoms with Crippen molar-refractivity contribution in [3.63, 3.8) is 0 Å². The third kappa shape index (κ3) is 14.1. The molecule has 5 aromatic carbocycles. The first kappa shape index (κ1) is 63.1. The third-order valence-electron chi connectivity index (χ3n) is 13.7. The lowest BCUT2D eigenvalue weighted by atomic mass is 9.78. The summed E-state index contributed by atoms with van der Waals surface area (Å²) >= 11 is 0.597. The van der Waals surface area contributed by atoms with Gasteiger partial charge in [0.1, 0.15) is 11.4 Å². The Morgan fingerprint density at radius 1 is 0.768 bits per heavy atom. The highest BCUT2D eigenvalue weighted by atomic mass is 32.3. The highest BCUT2D eigenvalue weighted by molar-refractivity contribution is 7.91. The van der Waals surface area contributed by atoms with Crippen LogP contribution in [0.1, 0.15) is 82.6 Å². The number of anilines is 2. The van der Waals surface area contributed by atoms with Crippen molar-refractivity contribution in [3.05, 3.63) is 131 Å². The summed E-state index contributed by atoms with van der Waals surface area (Å²) in [5.74, 6) is -1.12. The van der Waals surface area contributed by atoms with Crippen molar-refractivity contribution >= 4 is 128 Å². The van der Waals surface area contributed by atoms with Gasteiger partial charge in [0.2, 0.25) is 21.1 Å². The number of fused-ring (bicyclic) bond motifs is 6. The maximum Gasteiger partial charge on any atom is 0.425 e. The molecule has 2 aliphatic heterocycles. The van der Waals surface area contributed by atoms with Crippen LogP contribution in [0.5, 0.6) is 0 Å². The van der Waals surface area contributed by atoms with E-state index < -0.39 is 97.7 Å². The van der Waals surface area contributed by atoms with Gasteiger partial charge in [-0.15, -0.1) is 22.8 Å². The predicted molar refractivity (Wildman–Crippen MR) is 306 cm³/mol. The van der Waals surface area contributed by atoms with Crippen molar-refractivity contribution in [3.8, 4) is 0 Å². The van der Waals surface area contributed by atoms with Gasteiger partial charge in [0.25, 0.3) is 50.5 Å². The lowest BCUT2D eigenvalue weighted by Crippen LogP contribution is -2.28. The molecule has 438 valence electrons. The van der Waals surface area contributed by atoms with E-state index in [2.05, 4.69) is 27.3 Å². The maximum absolute atomic E-state index is 13.1. The number of carbonyl (C=O) groups excluding carboxylic acids is 1. The van der Waals surface area contributed by atoms with E-state index in [1.54, 1.807) is 48.8 Å². The second-order valence-corrected chi connectivity index (χ2v) is 29.0. The van der Waals surface area contributed by atoms with Gasteiger partial charge in [0.05, 0.1) is 21.0 Å². The Balaban J connectivity index is 0.00000234. The van der Waals surface area contributed by atoms with Gasteiger partial charge in [0, 0.05) is 59.3 Å². The van der Waals surface area contributed by atoms with E-state index >= 15 is 0 Å². The number of nitrogens with zero attached hydrogens (tertiary/aromatic N) is 4. The summed E-state index contributed by atoms with van der Waals surface area (Å²) in [4.78, 5) is 13.5. The Labute approximate surface area is 478 Å². The van der Waals surface area contributed by atoms with Crippen molar-refractivity contribution in [1.29, 1.82) is 0 Å². The van der Waals surface area contributed by atoms with Crippen LogP contribution in [0.2, 0.25) is 0 Å². The first-order valence-electron chi connectivity index (χ1n) is 24.5. The molecule has 0 spiro atoms. The zero-order valence-corrected chi connectivity index (χ0v) is 49.9. The molecule has 2 aliphatic rings. The topological polar surface area (TPSA) is 390 Å². The molecule has 1 amide bonds. The Hall–Kier alpha value is -6.49. The second-order valence-electron chi connectivity index (χ2n) is 20.1. The summed E-state index contributed by atoms with van der Waals surface area (Å²) in [5.41, 5.74) is 3.76. The zero-order chi connectivity index (χ0) is 60.7. The Kier molecular flexibility index (Phi) is 18.2. The Bertz CT molecular complexity index is 4450. The lowest BCUT2D eigenvalue weighted by Gasteiger charge is -2.27. The van der Waals surface area contributed by atoms with Gasteiger partial charge in [-0.2, -0.15) is 38.2 Å². The fraction of sp³-hybridized carbons (Fsp3) is 0.294. The molecular weight excluding hydrogens is 1210 g/mol. The monoisotopic (exact) mass is 1260 g/mol. The van der Waals surface area contributed by atoms with Crippen molar-refractivity contribution in [2.45, 2.75) is 96.6 Å². The highest BCUT2D eigenvalue weighted by Crippen LogP contribution is 2.52. The Morgan fingerprint density at radius 2 is 1.43 bits per heavy atom. The summed E-state index contributed by atoms with van der Waals surface area (Å²) in [6.07, 6.45) is 9.07. The van der Waals surface area contributed by atoms with E-state index in [0.717, 1.165) is 41.2 Å². The molecule has 0 bridgehead atoms. The van der Waals surface area contributed by atoms with Gasteiger partial charge in [-0.1, -0.05) is 81.0 Å². The minimum Gasteiger partial charge on any atom is -0.344 e. The molecule has 8 rings (SSSR count). The number of hydrogen-bond donors (Lipinski definition) is 6. The van der Waals surface area contributed by atoms with E-state index in [0.29, 0.717) is 63.0 Å². The van der Waals surface area contributed by atoms with Gasteiger partial charge in [0.15, 0.2) is 5.71 Å². The van der Waals surface area contributed by atoms with Crippen LogP contribution in [0.3, 0.4) is 0 Å². The van der Waals surface area contributed by atoms with E-state index in [1.165, 1.54) is 18.2 Å². The molecular formula is C51H55N6O18S7+. The molecule has 0 radical (unpaired) electrons. The largest absolute Gasteiger partial charge is 0.425 e. The number of aromatic nitrogens is 2. The average Bonchev–Trinajstić information content (AvgIpc) is 2.57. The third-order valence-corrected chi connectivity index (χ3v) is 19.3. The van der Waals surface area contributed by atoms with Gasteiger partial charge in [-0.3, -0.25) is 23.0 Å². The van der Waals surface area contributed by atoms with Crippen LogP contribution in [0.15, 0.2) is 128 Å². The number of benzene rings is 5. The van der Waals surface area contributed by atoms with Crippen molar-refractivity contribution < 1.29 is 82.3 Å². The number of carbonyl (C=O) groups is 1. The molecule has 0 saturated heterocycles. The number of aryl methyl sites for hydroxylation is 1. The normalized spacial score (nSPS) is 16.0. The highest BCUT2D eigenvalue weighted by Gasteiger charge is 2.47. The molecule has 31 heteroatoms. The van der Waals surface area contributed by atoms with Gasteiger partial charge in [-0.25, -0.2) is 13.6 Å². The van der Waals surface area contributed by atoms with Crippen LogP contribution >= 0.6 is 11.3 Å². The first-order chi connectivity index (χ1) is 37.9. The summed E-state index contributed by atoms with van der Waals surface area (Å²) < 4.78 is 190. The summed E-state index contributed by atoms with van der Waals surface area (Å²) in [5, 5.41) is 16.2. The molecule has 24 nitrogen and oxygen atoms in total. The quantitative estimate of drug-likeness (QED) is 0.0216. The summed E-state index contributed by atoms with van der Waals surface area (Å²) in [7, 11) is -26.4. The van der Waals surface area contributed by atoms with Gasteiger partial charge in [-0.05, 0) is 114 Å². The van der Waals surface area contributed by atoms with Crippen molar-refractivity contribution in [2.75, 3.05) is 29.1 Å². The van der Waals surface area contributed by atoms with Crippen molar-refractivity contribution in [1.82, 2.24) is 10.2 Å². The fourth-order valence-electron chi connectivity index (χ4n) is 10.2. The number of nitrogens with one attached hydrogen (secondary N) is 1. The minimum absolute atomic E-state index is 0.0301. The first-order valence-corrected chi connectivity index (χ1v) is 33.8. The van der Waals surface area contributed by atoms with Gasteiger partial charge < -0.3 is 10.2 Å². The van der Waals surface area contributed by atoms with Crippen molar-refractivity contribution in [2.24, 2.45) is 5.14 Å². The van der Waals surface area contributed by atoms with Crippen LogP contribution in [-0.4, -0.2) is 118 Å². The molecule has 6 aromatic rings. The van der Waals surface area contributed by atoms with E-state index in [1.807, 2.05) is 56.3 Å². The molecule has 0 atom stereocenters. The second kappa shape index (κ2) is 23.6. The van der Waals surface area contributed by atoms with Crippen LogP contribution < -0.4 is 15.4 Å². The SMILES string of the molecule is CCCCN1C(=CC=C(C=CC2=[N+](CCCS(=O)(=O)O)c3ccc4c(S(=O)(=O)O)cc(S(=O)(=O)O)cc4c3C2(C)C)c2cccc(CCC(=O)Nc3nnc(S(N)(=O)=O)s3)c2)C(C)(C)c2c1ccc1ccc(S(=O)(=O)O)cc21.O=S(=O)=O. The number of unbranched alkanes of at least 4 members (excludes halogenated alkanes) is 1. The lowest BCUT2D eigenvalue weighted by molar-refractivity contribution is -0.437. The van der Waals surface area contributed by atoms with E-state index in [-0.39, 0.29) is 46.6 Å². The number of amides is 1. The number of nitrogens with two attached hydrogens (primary N) is 1. The molecule has 3 heterocycles. The number of rotatable bonds is 19. The number of hydrogen-bond acceptors (Lipinski definition) is 18. The number of sulfonamides is 1. The molecule has 82 heavy (non-hydrogen) atoms. The molecule has 7 N–H and O–H groups in total. The minimum atomic E-state index is -5.08. The predicted octanol–water partition coefficient (Wildman–Crippen LogP) is 6.57. The fourth-order valence-corrected chi connectivity index (χ4v) is 13.9. The zero-order valence-electron chi connectivity index (χ0n) is 44.2. The molecule has 0 aliphatic carbocycles. The smallest absolute Gasteiger partial charge is 0.344 e. The van der Waals surface area contributed by atoms with Crippen LogP contribution in [0.4, 0.5) is 16.5 Å².